The average molecular weight is 339 g/mol. The van der Waals surface area contributed by atoms with E-state index in [0.29, 0.717) is 5.95 Å². The van der Waals surface area contributed by atoms with Crippen LogP contribution in [-0.4, -0.2) is 51.1 Å². The highest BCUT2D eigenvalue weighted by Crippen LogP contribution is 2.22. The molecule has 0 aliphatic carbocycles. The van der Waals surface area contributed by atoms with E-state index in [1.54, 1.807) is 0 Å². The quantitative estimate of drug-likeness (QED) is 0.792. The van der Waals surface area contributed by atoms with Crippen molar-refractivity contribution in [3.8, 4) is 11.3 Å². The van der Waals surface area contributed by atoms with Gasteiger partial charge in [0.2, 0.25) is 5.95 Å². The molecule has 124 valence electrons. The van der Waals surface area contributed by atoms with Crippen LogP contribution in [0.1, 0.15) is 5.56 Å². The monoisotopic (exact) mass is 339 g/mol. The summed E-state index contributed by atoms with van der Waals surface area (Å²) in [6.45, 7) is 3.42. The molecule has 1 saturated heterocycles. The molecule has 1 aliphatic rings. The van der Waals surface area contributed by atoms with Gasteiger partial charge >= 0.3 is 0 Å². The number of hydrogen-bond acceptors (Lipinski definition) is 5. The maximum atomic E-state index is 4.51. The minimum Gasteiger partial charge on any atom is -0.356 e. The molecule has 6 heteroatoms. The van der Waals surface area contributed by atoms with Crippen LogP contribution in [0.4, 0.5) is 5.95 Å². The largest absolute Gasteiger partial charge is 0.356 e. The van der Waals surface area contributed by atoms with Gasteiger partial charge in [-0.2, -0.15) is 16.7 Å². The van der Waals surface area contributed by atoms with Crippen molar-refractivity contribution in [3.63, 3.8) is 0 Å². The van der Waals surface area contributed by atoms with Gasteiger partial charge in [0, 0.05) is 43.8 Å². The van der Waals surface area contributed by atoms with E-state index < -0.39 is 0 Å². The topological polar surface area (TPSA) is 45.5 Å². The number of rotatable bonds is 4. The van der Waals surface area contributed by atoms with Crippen molar-refractivity contribution in [1.29, 1.82) is 0 Å². The summed E-state index contributed by atoms with van der Waals surface area (Å²) < 4.78 is 1.89. The van der Waals surface area contributed by atoms with E-state index in [1.165, 1.54) is 30.2 Å². The number of nitrogens with zero attached hydrogens (tertiary/aromatic N) is 4. The molecule has 0 radical (unpaired) electrons. The van der Waals surface area contributed by atoms with Gasteiger partial charge in [-0.1, -0.05) is 30.3 Å². The van der Waals surface area contributed by atoms with Crippen molar-refractivity contribution in [1.82, 2.24) is 19.5 Å². The summed E-state index contributed by atoms with van der Waals surface area (Å²) in [5.41, 5.74) is 4.44. The second-order valence-corrected chi connectivity index (χ2v) is 7.18. The van der Waals surface area contributed by atoms with Gasteiger partial charge in [-0.15, -0.1) is 5.10 Å². The van der Waals surface area contributed by atoms with Crippen LogP contribution < -0.4 is 5.32 Å². The maximum absolute atomic E-state index is 4.51. The van der Waals surface area contributed by atoms with Crippen LogP contribution in [-0.2, 0) is 6.54 Å². The molecule has 2 aromatic heterocycles. The van der Waals surface area contributed by atoms with Crippen molar-refractivity contribution in [2.75, 3.05) is 37.0 Å². The second-order valence-electron chi connectivity index (χ2n) is 5.95. The van der Waals surface area contributed by atoms with E-state index in [0.717, 1.165) is 23.4 Å². The molecular weight excluding hydrogens is 318 g/mol. The summed E-state index contributed by atoms with van der Waals surface area (Å²) in [7, 11) is 1.84. The first-order valence-electron chi connectivity index (χ1n) is 8.26. The van der Waals surface area contributed by atoms with Crippen LogP contribution in [0, 0.1) is 0 Å². The Balaban J connectivity index is 1.59. The normalized spacial score (nSPS) is 15.7. The van der Waals surface area contributed by atoms with Crippen molar-refractivity contribution >= 4 is 23.4 Å². The summed E-state index contributed by atoms with van der Waals surface area (Å²) in [6.07, 6.45) is 0. The minimum absolute atomic E-state index is 0.641. The predicted octanol–water partition coefficient (Wildman–Crippen LogP) is 2.99. The van der Waals surface area contributed by atoms with E-state index >= 15 is 0 Å². The van der Waals surface area contributed by atoms with Gasteiger partial charge in [0.15, 0.2) is 5.65 Å². The Morgan fingerprint density at radius 1 is 1.08 bits per heavy atom. The number of pyridine rings is 1. The van der Waals surface area contributed by atoms with Gasteiger partial charge in [-0.25, -0.2) is 4.52 Å². The van der Waals surface area contributed by atoms with Crippen molar-refractivity contribution < 1.29 is 0 Å². The van der Waals surface area contributed by atoms with E-state index in [1.807, 2.05) is 23.7 Å². The van der Waals surface area contributed by atoms with Gasteiger partial charge in [-0.05, 0) is 17.7 Å². The highest BCUT2D eigenvalue weighted by molar-refractivity contribution is 7.99. The Bertz CT molecular complexity index is 821. The Labute approximate surface area is 146 Å². The van der Waals surface area contributed by atoms with Crippen molar-refractivity contribution in [3.05, 3.63) is 48.0 Å². The maximum Gasteiger partial charge on any atom is 0.242 e. The third-order valence-corrected chi connectivity index (χ3v) is 5.29. The number of hydrogen-bond donors (Lipinski definition) is 1. The SMILES string of the molecule is CNc1nc2cccc(-c3ccc(CN4CCSCC4)cc3)n2n1. The molecule has 5 nitrogen and oxygen atoms in total. The summed E-state index contributed by atoms with van der Waals surface area (Å²) >= 11 is 2.05. The molecule has 0 bridgehead atoms. The molecule has 1 N–H and O–H groups in total. The molecule has 4 rings (SSSR count). The first kappa shape index (κ1) is 15.5. The van der Waals surface area contributed by atoms with Gasteiger partial charge < -0.3 is 5.32 Å². The van der Waals surface area contributed by atoms with Crippen molar-refractivity contribution in [2.45, 2.75) is 6.54 Å². The summed E-state index contributed by atoms with van der Waals surface area (Å²) in [4.78, 5) is 6.97. The Morgan fingerprint density at radius 2 is 1.88 bits per heavy atom. The van der Waals surface area contributed by atoms with Crippen LogP contribution in [0.2, 0.25) is 0 Å². The second kappa shape index (κ2) is 6.83. The fraction of sp³-hybridized carbons (Fsp3) is 0.333. The molecule has 1 aromatic carbocycles. The molecule has 0 unspecified atom stereocenters. The lowest BCUT2D eigenvalue weighted by molar-refractivity contribution is 0.294. The van der Waals surface area contributed by atoms with Gasteiger partial charge in [0.25, 0.3) is 0 Å². The van der Waals surface area contributed by atoms with Crippen LogP contribution in [0.25, 0.3) is 16.9 Å². The first-order chi connectivity index (χ1) is 11.8. The number of thioether (sulfide) groups is 1. The summed E-state index contributed by atoms with van der Waals surface area (Å²) in [6, 6.07) is 14.9. The molecule has 1 aliphatic heterocycles. The van der Waals surface area contributed by atoms with Crippen LogP contribution in [0.3, 0.4) is 0 Å². The van der Waals surface area contributed by atoms with Crippen LogP contribution >= 0.6 is 11.8 Å². The molecule has 24 heavy (non-hydrogen) atoms. The molecule has 0 saturated carbocycles. The van der Waals surface area contributed by atoms with Crippen LogP contribution in [0.5, 0.6) is 0 Å². The number of anilines is 1. The molecular formula is C18H21N5S. The van der Waals surface area contributed by atoms with Gasteiger partial charge in [0.05, 0.1) is 5.69 Å². The summed E-state index contributed by atoms with van der Waals surface area (Å²) in [5.74, 6) is 3.14. The fourth-order valence-corrected chi connectivity index (χ4v) is 4.01. The zero-order valence-electron chi connectivity index (χ0n) is 13.8. The fourth-order valence-electron chi connectivity index (χ4n) is 3.03. The lowest BCUT2D eigenvalue weighted by atomic mass is 10.1. The number of fused-ring (bicyclic) bond motifs is 1. The highest BCUT2D eigenvalue weighted by atomic mass is 32.2. The zero-order valence-corrected chi connectivity index (χ0v) is 14.6. The lowest BCUT2D eigenvalue weighted by Gasteiger charge is -2.26. The smallest absolute Gasteiger partial charge is 0.242 e. The predicted molar refractivity (Wildman–Crippen MR) is 101 cm³/mol. The van der Waals surface area contributed by atoms with Crippen LogP contribution in [0.15, 0.2) is 42.5 Å². The third kappa shape index (κ3) is 3.12. The molecule has 3 aromatic rings. The highest BCUT2D eigenvalue weighted by Gasteiger charge is 2.11. The molecule has 0 spiro atoms. The standard InChI is InChI=1S/C18H21N5S/c1-19-18-20-17-4-2-3-16(23(17)21-18)15-7-5-14(6-8-15)13-22-9-11-24-12-10-22/h2-8H,9-13H2,1H3,(H,19,21). The Kier molecular flexibility index (Phi) is 4.40. The summed E-state index contributed by atoms with van der Waals surface area (Å²) in [5, 5.41) is 7.51. The first-order valence-corrected chi connectivity index (χ1v) is 9.42. The molecule has 0 amide bonds. The molecule has 1 fully saturated rings. The van der Waals surface area contributed by atoms with E-state index in [4.69, 9.17) is 0 Å². The average Bonchev–Trinajstić information content (AvgIpc) is 3.07. The Morgan fingerprint density at radius 3 is 2.62 bits per heavy atom. The van der Waals surface area contributed by atoms with Gasteiger partial charge in [-0.3, -0.25) is 4.90 Å². The third-order valence-electron chi connectivity index (χ3n) is 4.34. The van der Waals surface area contributed by atoms with Crippen molar-refractivity contribution in [2.24, 2.45) is 0 Å². The van der Waals surface area contributed by atoms with Gasteiger partial charge in [0.1, 0.15) is 0 Å². The Hall–Kier alpha value is -2.05. The van der Waals surface area contributed by atoms with E-state index in [-0.39, 0.29) is 0 Å². The number of nitrogens with one attached hydrogen (secondary N) is 1. The minimum atomic E-state index is 0.641. The number of aromatic nitrogens is 3. The number of benzene rings is 1. The lowest BCUT2D eigenvalue weighted by Crippen LogP contribution is -2.31. The van der Waals surface area contributed by atoms with E-state index in [2.05, 4.69) is 62.4 Å². The molecule has 0 atom stereocenters. The van der Waals surface area contributed by atoms with E-state index in [9.17, 15) is 0 Å². The zero-order chi connectivity index (χ0) is 16.4. The molecule has 3 heterocycles.